The largest absolute Gasteiger partial charge is 0.497 e. The highest BCUT2D eigenvalue weighted by Gasteiger charge is 2.18. The number of methoxy groups -OCH3 is 1. The molecule has 34 heavy (non-hydrogen) atoms. The summed E-state index contributed by atoms with van der Waals surface area (Å²) >= 11 is 0. The lowest BCUT2D eigenvalue weighted by Gasteiger charge is -2.17. The van der Waals surface area contributed by atoms with Crippen LogP contribution in [0.25, 0.3) is 22.8 Å². The number of hydrogen-bond donors (Lipinski definition) is 0. The number of aromatic nitrogens is 2. The molecule has 0 spiro atoms. The van der Waals surface area contributed by atoms with Crippen LogP contribution in [0.5, 0.6) is 5.75 Å². The van der Waals surface area contributed by atoms with E-state index in [0.29, 0.717) is 28.2 Å². The number of pyridine rings is 2. The fraction of sp³-hybridized carbons (Fsp3) is 0.111. The van der Waals surface area contributed by atoms with E-state index >= 15 is 0 Å². The zero-order valence-corrected chi connectivity index (χ0v) is 19.0. The van der Waals surface area contributed by atoms with Gasteiger partial charge in [0, 0.05) is 29.9 Å². The second kappa shape index (κ2) is 9.43. The number of fused-ring (bicyclic) bond motifs is 1. The number of carbonyl (C=O) groups excluding carboxylic acids is 1. The second-order valence-electron chi connectivity index (χ2n) is 7.73. The van der Waals surface area contributed by atoms with Crippen LogP contribution in [0.1, 0.15) is 11.1 Å². The molecule has 4 aromatic rings. The molecule has 1 amide bonds. The maximum Gasteiger partial charge on any atom is 0.268 e. The molecule has 0 fully saturated rings. The normalized spacial score (nSPS) is 11.2. The van der Waals surface area contributed by atoms with E-state index in [9.17, 15) is 14.9 Å². The molecule has 0 radical (unpaired) electrons. The third kappa shape index (κ3) is 4.30. The van der Waals surface area contributed by atoms with Gasteiger partial charge in [0.05, 0.1) is 12.8 Å². The molecule has 0 atom stereocenters. The van der Waals surface area contributed by atoms with Crippen LogP contribution in [0.4, 0.5) is 5.69 Å². The van der Waals surface area contributed by atoms with Gasteiger partial charge in [0.25, 0.3) is 11.5 Å². The van der Waals surface area contributed by atoms with Crippen molar-refractivity contribution in [1.29, 1.82) is 5.26 Å². The molecule has 0 aliphatic carbocycles. The Labute approximate surface area is 196 Å². The minimum Gasteiger partial charge on any atom is -0.497 e. The van der Waals surface area contributed by atoms with Crippen LogP contribution in [0.3, 0.4) is 0 Å². The van der Waals surface area contributed by atoms with Crippen molar-refractivity contribution in [3.63, 3.8) is 0 Å². The number of likely N-dealkylation sites (N-methyl/N-ethyl adjacent to an activating group) is 1. The number of amides is 1. The van der Waals surface area contributed by atoms with Gasteiger partial charge >= 0.3 is 0 Å². The number of hydrogen-bond acceptors (Lipinski definition) is 5. The molecule has 0 unspecified atom stereocenters. The van der Waals surface area contributed by atoms with Crippen LogP contribution in [0, 0.1) is 18.3 Å². The van der Waals surface area contributed by atoms with Crippen molar-refractivity contribution in [3.05, 3.63) is 100.0 Å². The number of ether oxygens (including phenoxy) is 1. The number of benzene rings is 2. The maximum atomic E-state index is 13.5. The van der Waals surface area contributed by atoms with Crippen LogP contribution in [0.15, 0.2) is 83.3 Å². The van der Waals surface area contributed by atoms with E-state index in [1.807, 2.05) is 37.3 Å². The Kier molecular flexibility index (Phi) is 6.24. The lowest BCUT2D eigenvalue weighted by Crippen LogP contribution is -2.28. The number of rotatable bonds is 5. The van der Waals surface area contributed by atoms with E-state index in [0.717, 1.165) is 5.56 Å². The first-order valence-corrected chi connectivity index (χ1v) is 10.5. The third-order valence-electron chi connectivity index (χ3n) is 5.46. The second-order valence-corrected chi connectivity index (χ2v) is 7.73. The summed E-state index contributed by atoms with van der Waals surface area (Å²) in [6.07, 6.45) is 2.95. The summed E-state index contributed by atoms with van der Waals surface area (Å²) in [5.74, 6) is 0.149. The molecular weight excluding hydrogens is 428 g/mol. The average molecular weight is 450 g/mol. The van der Waals surface area contributed by atoms with Crippen molar-refractivity contribution in [2.24, 2.45) is 0 Å². The third-order valence-corrected chi connectivity index (χ3v) is 5.46. The van der Waals surface area contributed by atoms with E-state index < -0.39 is 11.5 Å². The van der Waals surface area contributed by atoms with Gasteiger partial charge in [-0.1, -0.05) is 12.1 Å². The maximum absolute atomic E-state index is 13.5. The zero-order valence-electron chi connectivity index (χ0n) is 19.0. The summed E-state index contributed by atoms with van der Waals surface area (Å²) in [5, 5.41) is 10.5. The van der Waals surface area contributed by atoms with E-state index in [-0.39, 0.29) is 11.1 Å². The molecule has 2 heterocycles. The molecule has 168 valence electrons. The topological polar surface area (TPSA) is 88.2 Å². The van der Waals surface area contributed by atoms with Gasteiger partial charge < -0.3 is 9.64 Å². The smallest absolute Gasteiger partial charge is 0.268 e. The Morgan fingerprint density at radius 2 is 1.88 bits per heavy atom. The molecule has 7 heteroatoms. The number of nitriles is 1. The van der Waals surface area contributed by atoms with Crippen molar-refractivity contribution in [3.8, 4) is 17.5 Å². The van der Waals surface area contributed by atoms with Crippen LogP contribution < -0.4 is 15.2 Å². The Bertz CT molecular complexity index is 1510. The van der Waals surface area contributed by atoms with Gasteiger partial charge in [0.15, 0.2) is 0 Å². The highest BCUT2D eigenvalue weighted by atomic mass is 16.5. The minimum atomic E-state index is -0.505. The summed E-state index contributed by atoms with van der Waals surface area (Å²) < 4.78 is 6.68. The quantitative estimate of drug-likeness (QED) is 0.335. The fourth-order valence-electron chi connectivity index (χ4n) is 3.67. The van der Waals surface area contributed by atoms with Gasteiger partial charge in [-0.2, -0.15) is 5.26 Å². The number of carbonyl (C=O) groups is 1. The molecule has 2 aromatic carbocycles. The molecule has 4 rings (SSSR count). The predicted molar refractivity (Wildman–Crippen MR) is 132 cm³/mol. The highest BCUT2D eigenvalue weighted by molar-refractivity contribution is 6.11. The van der Waals surface area contributed by atoms with Crippen LogP contribution >= 0.6 is 0 Å². The Morgan fingerprint density at radius 3 is 2.56 bits per heavy atom. The molecule has 7 nitrogen and oxygen atoms in total. The Balaban J connectivity index is 1.85. The first-order chi connectivity index (χ1) is 16.4. The molecule has 0 aliphatic heterocycles. The molecular formula is C27H22N4O3. The molecule has 0 saturated carbocycles. The Hall–Kier alpha value is -4.70. The highest BCUT2D eigenvalue weighted by Crippen LogP contribution is 2.21. The van der Waals surface area contributed by atoms with E-state index in [1.54, 1.807) is 62.8 Å². The molecule has 0 aliphatic rings. The van der Waals surface area contributed by atoms with E-state index in [1.165, 1.54) is 15.5 Å². The van der Waals surface area contributed by atoms with Gasteiger partial charge in [-0.15, -0.1) is 0 Å². The Morgan fingerprint density at radius 1 is 1.12 bits per heavy atom. The van der Waals surface area contributed by atoms with E-state index in [2.05, 4.69) is 4.98 Å². The van der Waals surface area contributed by atoms with Crippen LogP contribution in [-0.4, -0.2) is 29.6 Å². The zero-order chi connectivity index (χ0) is 24.2. The van der Waals surface area contributed by atoms with Crippen molar-refractivity contribution in [2.45, 2.75) is 6.92 Å². The number of nitrogens with zero attached hydrogens (tertiary/aromatic N) is 4. The minimum absolute atomic E-state index is 0.148. The van der Waals surface area contributed by atoms with Gasteiger partial charge in [0.1, 0.15) is 23.0 Å². The molecule has 0 bridgehead atoms. The standard InChI is InChI=1S/C27H22N4O3/c1-18-6-4-8-23(14-18)30(2)26(32)21(17-28)16-20-15-19-7-5-13-29-25(19)31(27(20)33)22-9-11-24(34-3)12-10-22/h4-16H,1-3H3. The molecule has 2 aromatic heterocycles. The summed E-state index contributed by atoms with van der Waals surface area (Å²) in [5.41, 5.74) is 2.37. The molecule has 0 saturated heterocycles. The fourth-order valence-corrected chi connectivity index (χ4v) is 3.67. The van der Waals surface area contributed by atoms with Crippen molar-refractivity contribution in [2.75, 3.05) is 19.1 Å². The van der Waals surface area contributed by atoms with Crippen molar-refractivity contribution < 1.29 is 9.53 Å². The summed E-state index contributed by atoms with van der Waals surface area (Å²) in [6, 6.07) is 21.6. The summed E-state index contributed by atoms with van der Waals surface area (Å²) in [7, 11) is 3.17. The van der Waals surface area contributed by atoms with Crippen LogP contribution in [-0.2, 0) is 4.79 Å². The first kappa shape index (κ1) is 22.5. The molecule has 0 N–H and O–H groups in total. The predicted octanol–water partition coefficient (Wildman–Crippen LogP) is 4.27. The lowest BCUT2D eigenvalue weighted by atomic mass is 10.1. The summed E-state index contributed by atoms with van der Waals surface area (Å²) in [4.78, 5) is 32.4. The number of aryl methyl sites for hydroxylation is 1. The van der Waals surface area contributed by atoms with E-state index in [4.69, 9.17) is 4.74 Å². The van der Waals surface area contributed by atoms with Crippen molar-refractivity contribution in [1.82, 2.24) is 9.55 Å². The van der Waals surface area contributed by atoms with Crippen molar-refractivity contribution >= 4 is 28.7 Å². The van der Waals surface area contributed by atoms with Gasteiger partial charge in [0.2, 0.25) is 0 Å². The SMILES string of the molecule is COc1ccc(-n2c(=O)c(C=C(C#N)C(=O)N(C)c3cccc(C)c3)cc3cccnc32)cc1. The lowest BCUT2D eigenvalue weighted by molar-refractivity contribution is -0.114. The van der Waals surface area contributed by atoms with Crippen LogP contribution in [0.2, 0.25) is 0 Å². The monoisotopic (exact) mass is 450 g/mol. The van der Waals surface area contributed by atoms with Gasteiger partial charge in [-0.05, 0) is 73.2 Å². The van der Waals surface area contributed by atoms with Gasteiger partial charge in [-0.3, -0.25) is 14.2 Å². The number of anilines is 1. The van der Waals surface area contributed by atoms with Gasteiger partial charge in [-0.25, -0.2) is 4.98 Å². The average Bonchev–Trinajstić information content (AvgIpc) is 2.86. The summed E-state index contributed by atoms with van der Waals surface area (Å²) in [6.45, 7) is 1.92. The first-order valence-electron chi connectivity index (χ1n) is 10.5.